The third kappa shape index (κ3) is 5.02. The zero-order chi connectivity index (χ0) is 14.4. The lowest BCUT2D eigenvalue weighted by Crippen LogP contribution is -2.29. The maximum Gasteiger partial charge on any atom is 0.164 e. The summed E-state index contributed by atoms with van der Waals surface area (Å²) in [6, 6.07) is 7.65. The molecule has 0 aromatic heterocycles. The third-order valence-electron chi connectivity index (χ3n) is 4.18. The smallest absolute Gasteiger partial charge is 0.164 e. The number of hydrogen-bond donors (Lipinski definition) is 0. The molecule has 2 rings (SSSR count). The van der Waals surface area contributed by atoms with Crippen LogP contribution in [0.4, 0.5) is 0 Å². The van der Waals surface area contributed by atoms with Gasteiger partial charge in [0.1, 0.15) is 0 Å². The predicted octanol–water partition coefficient (Wildman–Crippen LogP) is 4.53. The average molecular weight is 338 g/mol. The lowest BCUT2D eigenvalue weighted by Gasteiger charge is -2.26. The van der Waals surface area contributed by atoms with E-state index in [2.05, 4.69) is 27.9 Å². The average Bonchev–Trinajstić information content (AvgIpc) is 2.46. The Balaban J connectivity index is 1.73. The topological polar surface area (TPSA) is 20.3 Å². The molecule has 1 aromatic carbocycles. The van der Waals surface area contributed by atoms with E-state index in [-0.39, 0.29) is 5.78 Å². The molecule has 1 fully saturated rings. The minimum atomic E-state index is 0.244. The first-order valence-corrected chi connectivity index (χ1v) is 8.42. The highest BCUT2D eigenvalue weighted by Gasteiger charge is 2.16. The Morgan fingerprint density at radius 3 is 2.50 bits per heavy atom. The zero-order valence-electron chi connectivity index (χ0n) is 12.3. The summed E-state index contributed by atoms with van der Waals surface area (Å²) in [5, 5.41) is 0. The van der Waals surface area contributed by atoms with Crippen LogP contribution < -0.4 is 0 Å². The molecule has 0 unspecified atom stereocenters. The molecule has 3 heteroatoms. The molecule has 0 bridgehead atoms. The fourth-order valence-corrected chi connectivity index (χ4v) is 3.24. The molecule has 1 aliphatic carbocycles. The fourth-order valence-electron chi connectivity index (χ4n) is 2.97. The molecule has 0 spiro atoms. The largest absolute Gasteiger partial charge is 0.306 e. The summed E-state index contributed by atoms with van der Waals surface area (Å²) in [6.07, 6.45) is 7.52. The lowest BCUT2D eigenvalue weighted by atomic mass is 9.89. The van der Waals surface area contributed by atoms with Gasteiger partial charge in [0, 0.05) is 29.5 Å². The number of hydrogen-bond acceptors (Lipinski definition) is 2. The second kappa shape index (κ2) is 7.94. The molecule has 0 radical (unpaired) electrons. The molecule has 0 saturated heterocycles. The molecule has 1 saturated carbocycles. The van der Waals surface area contributed by atoms with E-state index in [1.807, 2.05) is 24.3 Å². The Labute approximate surface area is 130 Å². The molecule has 0 aliphatic heterocycles. The van der Waals surface area contributed by atoms with Gasteiger partial charge in [0.2, 0.25) is 0 Å². The number of halogens is 1. The van der Waals surface area contributed by atoms with Crippen molar-refractivity contribution in [2.24, 2.45) is 5.92 Å². The Bertz CT molecular complexity index is 423. The van der Waals surface area contributed by atoms with Crippen molar-refractivity contribution in [2.45, 2.75) is 38.5 Å². The number of carbonyl (C=O) groups is 1. The number of carbonyl (C=O) groups excluding carboxylic acids is 1. The van der Waals surface area contributed by atoms with E-state index in [9.17, 15) is 4.79 Å². The van der Waals surface area contributed by atoms with E-state index in [1.165, 1.54) is 32.1 Å². The van der Waals surface area contributed by atoms with Gasteiger partial charge in [-0.2, -0.15) is 0 Å². The van der Waals surface area contributed by atoms with Crippen molar-refractivity contribution in [3.05, 3.63) is 34.3 Å². The molecule has 110 valence electrons. The van der Waals surface area contributed by atoms with Crippen LogP contribution >= 0.6 is 15.9 Å². The van der Waals surface area contributed by atoms with Crippen molar-refractivity contribution in [3.8, 4) is 0 Å². The van der Waals surface area contributed by atoms with Gasteiger partial charge < -0.3 is 4.90 Å². The monoisotopic (exact) mass is 337 g/mol. The van der Waals surface area contributed by atoms with Crippen molar-refractivity contribution < 1.29 is 4.79 Å². The molecule has 0 amide bonds. The first-order chi connectivity index (χ1) is 9.65. The summed E-state index contributed by atoms with van der Waals surface area (Å²) in [6.45, 7) is 2.01. The van der Waals surface area contributed by atoms with Crippen LogP contribution in [0.3, 0.4) is 0 Å². The predicted molar refractivity (Wildman–Crippen MR) is 87.2 cm³/mol. The van der Waals surface area contributed by atoms with Crippen molar-refractivity contribution in [3.63, 3.8) is 0 Å². The first kappa shape index (κ1) is 15.7. The SMILES string of the molecule is CN(CCC(=O)c1ccc(Br)cc1)CC1CCCCC1. The highest BCUT2D eigenvalue weighted by atomic mass is 79.9. The highest BCUT2D eigenvalue weighted by Crippen LogP contribution is 2.24. The van der Waals surface area contributed by atoms with Crippen LogP contribution in [0.2, 0.25) is 0 Å². The number of benzene rings is 1. The zero-order valence-corrected chi connectivity index (χ0v) is 13.9. The molecule has 0 atom stereocenters. The molecule has 20 heavy (non-hydrogen) atoms. The fraction of sp³-hybridized carbons (Fsp3) is 0.588. The first-order valence-electron chi connectivity index (χ1n) is 7.62. The van der Waals surface area contributed by atoms with Crippen LogP contribution in [0.5, 0.6) is 0 Å². The molecule has 2 nitrogen and oxygen atoms in total. The third-order valence-corrected chi connectivity index (χ3v) is 4.71. The van der Waals surface area contributed by atoms with Gasteiger partial charge in [0.05, 0.1) is 0 Å². The van der Waals surface area contributed by atoms with Crippen molar-refractivity contribution in [2.75, 3.05) is 20.1 Å². The minimum absolute atomic E-state index is 0.244. The van der Waals surface area contributed by atoms with Crippen LogP contribution in [-0.4, -0.2) is 30.8 Å². The van der Waals surface area contributed by atoms with E-state index in [4.69, 9.17) is 0 Å². The molecule has 0 heterocycles. The van der Waals surface area contributed by atoms with E-state index in [1.54, 1.807) is 0 Å². The second-order valence-corrected chi connectivity index (χ2v) is 6.86. The van der Waals surface area contributed by atoms with Gasteiger partial charge in [0.15, 0.2) is 5.78 Å². The minimum Gasteiger partial charge on any atom is -0.306 e. The van der Waals surface area contributed by atoms with Crippen LogP contribution in [0.15, 0.2) is 28.7 Å². The summed E-state index contributed by atoms with van der Waals surface area (Å²) in [5.41, 5.74) is 0.819. The molecule has 1 aromatic rings. The number of Topliss-reactive ketones (excluding diaryl/α,β-unsaturated/α-hetero) is 1. The van der Waals surface area contributed by atoms with Gasteiger partial charge in [-0.25, -0.2) is 0 Å². The van der Waals surface area contributed by atoms with Gasteiger partial charge >= 0.3 is 0 Å². The molecular weight excluding hydrogens is 314 g/mol. The molecular formula is C17H24BrNO. The maximum absolute atomic E-state index is 12.1. The Morgan fingerprint density at radius 2 is 1.85 bits per heavy atom. The van der Waals surface area contributed by atoms with Crippen LogP contribution in [0.1, 0.15) is 48.9 Å². The van der Waals surface area contributed by atoms with Gasteiger partial charge in [-0.1, -0.05) is 47.3 Å². The highest BCUT2D eigenvalue weighted by molar-refractivity contribution is 9.10. The second-order valence-electron chi connectivity index (χ2n) is 5.95. The lowest BCUT2D eigenvalue weighted by molar-refractivity contribution is 0.0964. The summed E-state index contributed by atoms with van der Waals surface area (Å²) < 4.78 is 1.02. The normalized spacial score (nSPS) is 16.6. The number of rotatable bonds is 6. The van der Waals surface area contributed by atoms with E-state index in [0.717, 1.165) is 29.0 Å². The van der Waals surface area contributed by atoms with E-state index < -0.39 is 0 Å². The van der Waals surface area contributed by atoms with Crippen molar-refractivity contribution in [1.29, 1.82) is 0 Å². The van der Waals surface area contributed by atoms with E-state index >= 15 is 0 Å². The molecule has 1 aliphatic rings. The van der Waals surface area contributed by atoms with Crippen LogP contribution in [0, 0.1) is 5.92 Å². The van der Waals surface area contributed by atoms with Crippen LogP contribution in [0.25, 0.3) is 0 Å². The number of nitrogens with zero attached hydrogens (tertiary/aromatic N) is 1. The van der Waals surface area contributed by atoms with Gasteiger partial charge in [-0.3, -0.25) is 4.79 Å². The standard InChI is InChI=1S/C17H24BrNO/c1-19(13-14-5-3-2-4-6-14)12-11-17(20)15-7-9-16(18)10-8-15/h7-10,14H,2-6,11-13H2,1H3. The van der Waals surface area contributed by atoms with E-state index in [0.29, 0.717) is 6.42 Å². The van der Waals surface area contributed by atoms with Gasteiger partial charge in [-0.05, 0) is 37.9 Å². The number of ketones is 1. The quantitative estimate of drug-likeness (QED) is 0.710. The van der Waals surface area contributed by atoms with Crippen molar-refractivity contribution >= 4 is 21.7 Å². The van der Waals surface area contributed by atoms with Crippen LogP contribution in [-0.2, 0) is 0 Å². The molecule has 0 N–H and O–H groups in total. The van der Waals surface area contributed by atoms with Gasteiger partial charge in [0.25, 0.3) is 0 Å². The summed E-state index contributed by atoms with van der Waals surface area (Å²) in [4.78, 5) is 14.4. The summed E-state index contributed by atoms with van der Waals surface area (Å²) in [5.74, 6) is 1.09. The van der Waals surface area contributed by atoms with Crippen molar-refractivity contribution in [1.82, 2.24) is 4.90 Å². The summed E-state index contributed by atoms with van der Waals surface area (Å²) >= 11 is 3.39. The Hall–Kier alpha value is -0.670. The Kier molecular flexibility index (Phi) is 6.24. The Morgan fingerprint density at radius 1 is 1.20 bits per heavy atom. The summed E-state index contributed by atoms with van der Waals surface area (Å²) in [7, 11) is 2.14. The van der Waals surface area contributed by atoms with Gasteiger partial charge in [-0.15, -0.1) is 0 Å². The maximum atomic E-state index is 12.1.